The lowest BCUT2D eigenvalue weighted by Crippen LogP contribution is -2.13. The first-order chi connectivity index (χ1) is 8.23. The zero-order valence-corrected chi connectivity index (χ0v) is 9.59. The summed E-state index contributed by atoms with van der Waals surface area (Å²) in [5.41, 5.74) is -1.51. The normalized spacial score (nSPS) is 13.4. The third-order valence-corrected chi connectivity index (χ3v) is 2.64. The second-order valence-corrected chi connectivity index (χ2v) is 4.03. The Bertz CT molecular complexity index is 440. The Balaban J connectivity index is 3.10. The predicted octanol–water partition coefficient (Wildman–Crippen LogP) is 3.81. The summed E-state index contributed by atoms with van der Waals surface area (Å²) in [4.78, 5) is 10.4. The molecule has 0 aliphatic carbocycles. The van der Waals surface area contributed by atoms with Crippen LogP contribution in [0.25, 0.3) is 0 Å². The van der Waals surface area contributed by atoms with Crippen LogP contribution in [0.5, 0.6) is 0 Å². The van der Waals surface area contributed by atoms with Gasteiger partial charge in [-0.3, -0.25) is 4.79 Å². The van der Waals surface area contributed by atoms with Gasteiger partial charge in [0.15, 0.2) is 0 Å². The maximum Gasteiger partial charge on any atom is 0.416 e. The van der Waals surface area contributed by atoms with Crippen LogP contribution in [0.2, 0.25) is 0 Å². The van der Waals surface area contributed by atoms with Crippen LogP contribution in [0.3, 0.4) is 0 Å². The molecule has 0 aromatic heterocycles. The number of carbonyl (C=O) groups is 1. The van der Waals surface area contributed by atoms with Crippen molar-refractivity contribution in [1.29, 1.82) is 0 Å². The quantitative estimate of drug-likeness (QED) is 0.839. The Labute approximate surface area is 101 Å². The van der Waals surface area contributed by atoms with Gasteiger partial charge in [0.25, 0.3) is 0 Å². The minimum Gasteiger partial charge on any atom is -0.481 e. The first-order valence-corrected chi connectivity index (χ1v) is 5.31. The van der Waals surface area contributed by atoms with Crippen molar-refractivity contribution in [1.82, 2.24) is 0 Å². The molecule has 0 saturated carbocycles. The number of rotatable bonds is 4. The van der Waals surface area contributed by atoms with Crippen molar-refractivity contribution in [3.8, 4) is 0 Å². The molecule has 100 valence electrons. The standard InChI is InChI=1S/C12H12F4O2/c1-7(5-6-10(17)18)11-8(12(14,15)16)3-2-4-9(11)13/h2-4,7H,5-6H2,1H3,(H,17,18). The molecule has 1 aromatic rings. The van der Waals surface area contributed by atoms with E-state index in [1.165, 1.54) is 6.92 Å². The van der Waals surface area contributed by atoms with E-state index < -0.39 is 35.0 Å². The highest BCUT2D eigenvalue weighted by Crippen LogP contribution is 2.37. The summed E-state index contributed by atoms with van der Waals surface area (Å²) in [5.74, 6) is -2.88. The first-order valence-electron chi connectivity index (χ1n) is 5.31. The van der Waals surface area contributed by atoms with Gasteiger partial charge in [0, 0.05) is 12.0 Å². The van der Waals surface area contributed by atoms with Gasteiger partial charge in [0.2, 0.25) is 0 Å². The molecule has 6 heteroatoms. The average molecular weight is 264 g/mol. The van der Waals surface area contributed by atoms with Crippen molar-refractivity contribution < 1.29 is 27.5 Å². The molecule has 1 N–H and O–H groups in total. The number of alkyl halides is 3. The van der Waals surface area contributed by atoms with E-state index in [0.29, 0.717) is 0 Å². The SMILES string of the molecule is CC(CCC(=O)O)c1c(F)cccc1C(F)(F)F. The molecule has 0 heterocycles. The number of carboxylic acids is 1. The molecule has 0 aliphatic heterocycles. The molecule has 1 rings (SSSR count). The van der Waals surface area contributed by atoms with Gasteiger partial charge in [-0.1, -0.05) is 13.0 Å². The second kappa shape index (κ2) is 5.37. The highest BCUT2D eigenvalue weighted by atomic mass is 19.4. The average Bonchev–Trinajstić information content (AvgIpc) is 2.24. The van der Waals surface area contributed by atoms with Crippen LogP contribution in [0, 0.1) is 5.82 Å². The van der Waals surface area contributed by atoms with Gasteiger partial charge in [0.1, 0.15) is 5.82 Å². The van der Waals surface area contributed by atoms with Gasteiger partial charge in [0.05, 0.1) is 5.56 Å². The lowest BCUT2D eigenvalue weighted by atomic mass is 9.91. The van der Waals surface area contributed by atoms with Crippen molar-refractivity contribution in [2.24, 2.45) is 0 Å². The fourth-order valence-corrected chi connectivity index (χ4v) is 1.77. The lowest BCUT2D eigenvalue weighted by Gasteiger charge is -2.18. The summed E-state index contributed by atoms with van der Waals surface area (Å²) in [6.07, 6.45) is -4.99. The zero-order valence-electron chi connectivity index (χ0n) is 9.59. The van der Waals surface area contributed by atoms with Crippen LogP contribution >= 0.6 is 0 Å². The Morgan fingerprint density at radius 2 is 2.00 bits per heavy atom. The Morgan fingerprint density at radius 1 is 1.39 bits per heavy atom. The zero-order chi connectivity index (χ0) is 13.9. The van der Waals surface area contributed by atoms with Gasteiger partial charge < -0.3 is 5.11 Å². The number of carboxylic acid groups (broad SMARTS) is 1. The molecule has 0 aliphatic rings. The summed E-state index contributed by atoms with van der Waals surface area (Å²) in [6.45, 7) is 1.39. The molecule has 0 bridgehead atoms. The van der Waals surface area contributed by atoms with Crippen LogP contribution in [-0.4, -0.2) is 11.1 Å². The van der Waals surface area contributed by atoms with Gasteiger partial charge >= 0.3 is 12.1 Å². The Kier molecular flexibility index (Phi) is 4.32. The monoisotopic (exact) mass is 264 g/mol. The van der Waals surface area contributed by atoms with Crippen LogP contribution in [0.15, 0.2) is 18.2 Å². The van der Waals surface area contributed by atoms with E-state index in [1.54, 1.807) is 0 Å². The van der Waals surface area contributed by atoms with Crippen LogP contribution in [0.4, 0.5) is 17.6 Å². The van der Waals surface area contributed by atoms with Gasteiger partial charge in [-0.15, -0.1) is 0 Å². The smallest absolute Gasteiger partial charge is 0.416 e. The molecular formula is C12H12F4O2. The third kappa shape index (κ3) is 3.45. The lowest BCUT2D eigenvalue weighted by molar-refractivity contribution is -0.138. The minimum absolute atomic E-state index is 0.0423. The highest BCUT2D eigenvalue weighted by molar-refractivity contribution is 5.66. The molecule has 0 radical (unpaired) electrons. The Hall–Kier alpha value is -1.59. The maximum absolute atomic E-state index is 13.5. The molecule has 1 atom stereocenters. The summed E-state index contributed by atoms with van der Waals surface area (Å²) in [7, 11) is 0. The van der Waals surface area contributed by atoms with Gasteiger partial charge in [-0.2, -0.15) is 13.2 Å². The maximum atomic E-state index is 13.5. The van der Waals surface area contributed by atoms with Crippen molar-refractivity contribution in [3.05, 3.63) is 35.1 Å². The molecule has 0 fully saturated rings. The molecule has 1 unspecified atom stereocenters. The molecular weight excluding hydrogens is 252 g/mol. The molecule has 2 nitrogen and oxygen atoms in total. The van der Waals surface area contributed by atoms with Crippen molar-refractivity contribution in [2.75, 3.05) is 0 Å². The number of benzene rings is 1. The number of halogens is 4. The molecule has 0 spiro atoms. The van der Waals surface area contributed by atoms with Crippen molar-refractivity contribution >= 4 is 5.97 Å². The van der Waals surface area contributed by atoms with E-state index in [-0.39, 0.29) is 12.8 Å². The highest BCUT2D eigenvalue weighted by Gasteiger charge is 2.35. The van der Waals surface area contributed by atoms with Crippen LogP contribution in [-0.2, 0) is 11.0 Å². The van der Waals surface area contributed by atoms with Crippen molar-refractivity contribution in [3.63, 3.8) is 0 Å². The largest absolute Gasteiger partial charge is 0.481 e. The first kappa shape index (κ1) is 14.5. The molecule has 0 saturated heterocycles. The summed E-state index contributed by atoms with van der Waals surface area (Å²) in [5, 5.41) is 8.49. The second-order valence-electron chi connectivity index (χ2n) is 4.03. The van der Waals surface area contributed by atoms with E-state index in [0.717, 1.165) is 18.2 Å². The molecule has 1 aromatic carbocycles. The van der Waals surface area contributed by atoms with Gasteiger partial charge in [-0.05, 0) is 24.5 Å². The minimum atomic E-state index is -4.64. The van der Waals surface area contributed by atoms with Crippen LogP contribution < -0.4 is 0 Å². The summed E-state index contributed by atoms with van der Waals surface area (Å²) >= 11 is 0. The van der Waals surface area contributed by atoms with E-state index in [9.17, 15) is 22.4 Å². The van der Waals surface area contributed by atoms with Crippen LogP contribution in [0.1, 0.15) is 36.8 Å². The number of aliphatic carboxylic acids is 1. The van der Waals surface area contributed by atoms with E-state index in [2.05, 4.69) is 0 Å². The molecule has 0 amide bonds. The fraction of sp³-hybridized carbons (Fsp3) is 0.417. The van der Waals surface area contributed by atoms with Crippen molar-refractivity contribution in [2.45, 2.75) is 31.9 Å². The fourth-order valence-electron chi connectivity index (χ4n) is 1.77. The number of hydrogen-bond donors (Lipinski definition) is 1. The van der Waals surface area contributed by atoms with Gasteiger partial charge in [-0.25, -0.2) is 4.39 Å². The summed E-state index contributed by atoms with van der Waals surface area (Å²) < 4.78 is 51.6. The van der Waals surface area contributed by atoms with E-state index in [4.69, 9.17) is 5.11 Å². The number of hydrogen-bond acceptors (Lipinski definition) is 1. The molecule has 18 heavy (non-hydrogen) atoms. The topological polar surface area (TPSA) is 37.3 Å². The Morgan fingerprint density at radius 3 is 2.50 bits per heavy atom. The summed E-state index contributed by atoms with van der Waals surface area (Å²) in [6, 6.07) is 2.74. The van der Waals surface area contributed by atoms with E-state index in [1.807, 2.05) is 0 Å². The predicted molar refractivity (Wildman–Crippen MR) is 56.7 cm³/mol. The van der Waals surface area contributed by atoms with E-state index >= 15 is 0 Å². The third-order valence-electron chi connectivity index (χ3n) is 2.64.